The molecule has 4 aliphatic carbocycles. The fourth-order valence-electron chi connectivity index (χ4n) is 6.97. The molecule has 2 atom stereocenters. The number of aliphatic hydroxyl groups excluding tert-OH is 2. The number of rotatable bonds is 7. The largest absolute Gasteiger partial charge is 0.444 e. The van der Waals surface area contributed by atoms with Crippen molar-refractivity contribution in [2.24, 2.45) is 16.7 Å². The Kier molecular flexibility index (Phi) is 5.35. The van der Waals surface area contributed by atoms with Gasteiger partial charge in [-0.2, -0.15) is 0 Å². The molecule has 4 bridgehead atoms. The normalized spacial score (nSPS) is 38.4. The third-order valence-electron chi connectivity index (χ3n) is 6.80. The van der Waals surface area contributed by atoms with E-state index in [1.54, 1.807) is 0 Å². The van der Waals surface area contributed by atoms with Gasteiger partial charge in [0.05, 0.1) is 0 Å². The average Bonchev–Trinajstić information content (AvgIpc) is 2.47. The second-order valence-electron chi connectivity index (χ2n) is 10.6. The van der Waals surface area contributed by atoms with Crippen molar-refractivity contribution in [3.05, 3.63) is 0 Å². The van der Waals surface area contributed by atoms with Crippen LogP contribution in [0.3, 0.4) is 0 Å². The molecule has 0 aromatic heterocycles. The first-order valence-electron chi connectivity index (χ1n) is 10.4. The summed E-state index contributed by atoms with van der Waals surface area (Å²) in [4.78, 5) is 12.6. The topological polar surface area (TPSA) is 78.8 Å². The van der Waals surface area contributed by atoms with E-state index in [1.807, 2.05) is 20.8 Å². The van der Waals surface area contributed by atoms with Gasteiger partial charge in [0.15, 0.2) is 0 Å². The first kappa shape index (κ1) is 19.9. The van der Waals surface area contributed by atoms with Crippen molar-refractivity contribution in [1.82, 2.24) is 5.32 Å². The molecule has 0 aromatic carbocycles. The molecule has 5 heteroatoms. The maximum Gasteiger partial charge on any atom is 0.408 e. The zero-order valence-electron chi connectivity index (χ0n) is 16.8. The summed E-state index contributed by atoms with van der Waals surface area (Å²) in [6, 6.07) is 0. The first-order valence-corrected chi connectivity index (χ1v) is 10.4. The van der Waals surface area contributed by atoms with E-state index in [9.17, 15) is 15.0 Å². The van der Waals surface area contributed by atoms with Crippen LogP contribution in [-0.4, -0.2) is 40.7 Å². The lowest BCUT2D eigenvalue weighted by molar-refractivity contribution is -0.140. The first-order chi connectivity index (χ1) is 12.1. The van der Waals surface area contributed by atoms with E-state index in [-0.39, 0.29) is 35.7 Å². The van der Waals surface area contributed by atoms with Crippen molar-refractivity contribution in [3.8, 4) is 0 Å². The molecule has 0 aliphatic heterocycles. The molecule has 0 aromatic rings. The van der Waals surface area contributed by atoms with Gasteiger partial charge >= 0.3 is 6.09 Å². The van der Waals surface area contributed by atoms with Gasteiger partial charge in [0, 0.05) is 18.8 Å². The monoisotopic (exact) mass is 367 g/mol. The van der Waals surface area contributed by atoms with Crippen molar-refractivity contribution in [1.29, 1.82) is 0 Å². The Labute approximate surface area is 157 Å². The second kappa shape index (κ2) is 6.97. The van der Waals surface area contributed by atoms with Gasteiger partial charge in [0.2, 0.25) is 0 Å². The van der Waals surface area contributed by atoms with Gasteiger partial charge < -0.3 is 20.3 Å². The molecular weight excluding hydrogens is 330 g/mol. The van der Waals surface area contributed by atoms with Crippen molar-refractivity contribution in [2.45, 2.75) is 96.1 Å². The fraction of sp³-hybridized carbons (Fsp3) is 0.952. The van der Waals surface area contributed by atoms with E-state index in [1.165, 1.54) is 19.3 Å². The molecule has 0 spiro atoms. The van der Waals surface area contributed by atoms with Gasteiger partial charge in [-0.25, -0.2) is 4.79 Å². The van der Waals surface area contributed by atoms with Gasteiger partial charge in [-0.05, 0) is 102 Å². The van der Waals surface area contributed by atoms with Crippen molar-refractivity contribution in [3.63, 3.8) is 0 Å². The zero-order chi connectivity index (χ0) is 19.1. The van der Waals surface area contributed by atoms with E-state index in [0.29, 0.717) is 5.92 Å². The molecule has 4 aliphatic rings. The van der Waals surface area contributed by atoms with Crippen LogP contribution in [0.15, 0.2) is 0 Å². The highest BCUT2D eigenvalue weighted by molar-refractivity contribution is 5.69. The maximum atomic E-state index is 12.6. The van der Waals surface area contributed by atoms with E-state index < -0.39 is 5.60 Å². The molecule has 0 radical (unpaired) electrons. The lowest BCUT2D eigenvalue weighted by atomic mass is 9.40. The molecule has 1 amide bonds. The van der Waals surface area contributed by atoms with E-state index in [2.05, 4.69) is 5.32 Å². The molecule has 4 rings (SSSR count). The highest BCUT2D eigenvalue weighted by Gasteiger charge is 2.63. The fourth-order valence-corrected chi connectivity index (χ4v) is 6.97. The molecule has 3 N–H and O–H groups in total. The number of nitrogens with one attached hydrogen (secondary N) is 1. The lowest BCUT2D eigenvalue weighted by Gasteiger charge is -2.67. The summed E-state index contributed by atoms with van der Waals surface area (Å²) in [5.74, 6) is 0.638. The average molecular weight is 368 g/mol. The predicted octanol–water partition coefficient (Wildman–Crippen LogP) is 3.77. The minimum Gasteiger partial charge on any atom is -0.444 e. The lowest BCUT2D eigenvalue weighted by Crippen LogP contribution is -2.66. The van der Waals surface area contributed by atoms with Crippen molar-refractivity contribution in [2.75, 3.05) is 13.2 Å². The summed E-state index contributed by atoms with van der Waals surface area (Å²) in [6.07, 6.45) is 10.2. The Bertz CT molecular complexity index is 503. The number of alkyl carbamates (subject to hydrolysis) is 1. The van der Waals surface area contributed by atoms with Crippen molar-refractivity contribution >= 4 is 6.09 Å². The summed E-state index contributed by atoms with van der Waals surface area (Å²) < 4.78 is 5.57. The van der Waals surface area contributed by atoms with Crippen LogP contribution in [0.1, 0.15) is 85.0 Å². The third kappa shape index (κ3) is 4.19. The van der Waals surface area contributed by atoms with Crippen LogP contribution in [0, 0.1) is 16.7 Å². The molecule has 0 saturated heterocycles. The van der Waals surface area contributed by atoms with Gasteiger partial charge in [0.25, 0.3) is 0 Å². The summed E-state index contributed by atoms with van der Waals surface area (Å²) in [5, 5.41) is 22.1. The second-order valence-corrected chi connectivity index (χ2v) is 10.6. The summed E-state index contributed by atoms with van der Waals surface area (Å²) in [7, 11) is 0. The van der Waals surface area contributed by atoms with Crippen LogP contribution < -0.4 is 5.32 Å². The molecule has 150 valence electrons. The van der Waals surface area contributed by atoms with Gasteiger partial charge in [-0.1, -0.05) is 0 Å². The number of carbonyl (C=O) groups is 1. The van der Waals surface area contributed by atoms with E-state index >= 15 is 0 Å². The number of hydrogen-bond acceptors (Lipinski definition) is 4. The van der Waals surface area contributed by atoms with Crippen LogP contribution >= 0.6 is 0 Å². The number of amides is 1. The van der Waals surface area contributed by atoms with Crippen LogP contribution in [0.2, 0.25) is 0 Å². The molecular formula is C21H37NO4. The van der Waals surface area contributed by atoms with Gasteiger partial charge in [-0.15, -0.1) is 0 Å². The maximum absolute atomic E-state index is 12.6. The van der Waals surface area contributed by atoms with Crippen LogP contribution in [0.5, 0.6) is 0 Å². The van der Waals surface area contributed by atoms with Gasteiger partial charge in [-0.3, -0.25) is 0 Å². The Morgan fingerprint density at radius 2 is 1.54 bits per heavy atom. The Hall–Kier alpha value is -0.810. The Morgan fingerprint density at radius 1 is 1.00 bits per heavy atom. The van der Waals surface area contributed by atoms with Gasteiger partial charge in [0.1, 0.15) is 5.60 Å². The summed E-state index contributed by atoms with van der Waals surface area (Å²) >= 11 is 0. The quantitative estimate of drug-likeness (QED) is 0.640. The number of carbonyl (C=O) groups excluding carboxylic acids is 1. The van der Waals surface area contributed by atoms with E-state index in [0.717, 1.165) is 44.9 Å². The van der Waals surface area contributed by atoms with Crippen molar-refractivity contribution < 1.29 is 19.7 Å². The standard InChI is InChI=1S/C21H37NO4/c1-18(2,3)26-17(25)22-21-12-16-10-19(14-21,6-4-8-23)13-20(11-16,15-21)7-5-9-24/h16,23-24H,4-15H2,1-3H3,(H,22,25). The molecule has 0 heterocycles. The minimum atomic E-state index is -0.491. The molecule has 2 unspecified atom stereocenters. The Morgan fingerprint density at radius 3 is 2.00 bits per heavy atom. The molecule has 5 nitrogen and oxygen atoms in total. The molecule has 4 saturated carbocycles. The number of aliphatic hydroxyl groups is 2. The zero-order valence-corrected chi connectivity index (χ0v) is 16.8. The Balaban J connectivity index is 1.82. The smallest absolute Gasteiger partial charge is 0.408 e. The van der Waals surface area contributed by atoms with Crippen LogP contribution in [0.4, 0.5) is 4.79 Å². The van der Waals surface area contributed by atoms with Crippen LogP contribution in [0.25, 0.3) is 0 Å². The van der Waals surface area contributed by atoms with E-state index in [4.69, 9.17) is 4.74 Å². The minimum absolute atomic E-state index is 0.174. The molecule has 4 fully saturated rings. The predicted molar refractivity (Wildman–Crippen MR) is 101 cm³/mol. The third-order valence-corrected chi connectivity index (χ3v) is 6.80. The van der Waals surface area contributed by atoms with Crippen LogP contribution in [-0.2, 0) is 4.74 Å². The summed E-state index contributed by atoms with van der Waals surface area (Å²) in [6.45, 7) is 6.18. The summed E-state index contributed by atoms with van der Waals surface area (Å²) in [5.41, 5.74) is -0.207. The highest BCUT2D eigenvalue weighted by atomic mass is 16.6. The number of hydrogen-bond donors (Lipinski definition) is 3. The number of ether oxygens (including phenoxy) is 1. The SMILES string of the molecule is CC(C)(C)OC(=O)NC12CC3CC(CCCO)(CC(CCCO)(C3)C1)C2. The highest BCUT2D eigenvalue weighted by Crippen LogP contribution is 2.69. The molecule has 26 heavy (non-hydrogen) atoms.